The van der Waals surface area contributed by atoms with Crippen LogP contribution in [0.3, 0.4) is 0 Å². The first-order chi connectivity index (χ1) is 14.5. The van der Waals surface area contributed by atoms with Crippen LogP contribution in [0.25, 0.3) is 0 Å². The molecule has 0 aliphatic carbocycles. The van der Waals surface area contributed by atoms with Gasteiger partial charge in [-0.1, -0.05) is 6.07 Å². The van der Waals surface area contributed by atoms with Crippen LogP contribution in [-0.2, 0) is 6.54 Å². The van der Waals surface area contributed by atoms with Gasteiger partial charge in [0.15, 0.2) is 0 Å². The second-order valence-corrected chi connectivity index (χ2v) is 8.47. The fourth-order valence-electron chi connectivity index (χ4n) is 4.51. The molecule has 2 aromatic heterocycles. The second-order valence-electron chi connectivity index (χ2n) is 8.47. The Labute approximate surface area is 202 Å². The lowest BCUT2D eigenvalue weighted by Gasteiger charge is -2.36. The molecule has 2 fully saturated rings. The Morgan fingerprint density at radius 1 is 1.12 bits per heavy atom. The molecule has 1 N–H and O–H groups in total. The number of amides is 1. The number of anilines is 1. The van der Waals surface area contributed by atoms with E-state index in [0.29, 0.717) is 31.1 Å². The Morgan fingerprint density at radius 2 is 1.88 bits per heavy atom. The Balaban J connectivity index is 0.00000181. The summed E-state index contributed by atoms with van der Waals surface area (Å²) in [6, 6.07) is 5.89. The molecular formula is C23H33Cl2N5O2. The number of rotatable bonds is 4. The van der Waals surface area contributed by atoms with E-state index >= 15 is 0 Å². The molecule has 1 unspecified atom stereocenters. The number of piperazine rings is 1. The molecule has 0 saturated carbocycles. The first kappa shape index (κ1) is 26.2. The normalized spacial score (nSPS) is 18.5. The van der Waals surface area contributed by atoms with Gasteiger partial charge in [0.05, 0.1) is 0 Å². The smallest absolute Gasteiger partial charge is 0.263 e. The van der Waals surface area contributed by atoms with Crippen molar-refractivity contribution in [1.29, 1.82) is 0 Å². The minimum atomic E-state index is -0.159. The molecule has 32 heavy (non-hydrogen) atoms. The van der Waals surface area contributed by atoms with Gasteiger partial charge < -0.3 is 19.7 Å². The zero-order valence-electron chi connectivity index (χ0n) is 18.7. The number of nitrogens with one attached hydrogen (secondary N) is 1. The second kappa shape index (κ2) is 11.7. The van der Waals surface area contributed by atoms with Crippen molar-refractivity contribution in [1.82, 2.24) is 19.8 Å². The van der Waals surface area contributed by atoms with Crippen molar-refractivity contribution in [2.24, 2.45) is 5.92 Å². The van der Waals surface area contributed by atoms with E-state index in [-0.39, 0.29) is 36.3 Å². The first-order valence-electron chi connectivity index (χ1n) is 10.9. The van der Waals surface area contributed by atoms with Crippen molar-refractivity contribution < 1.29 is 4.79 Å². The highest BCUT2D eigenvalue weighted by molar-refractivity contribution is 5.95. The summed E-state index contributed by atoms with van der Waals surface area (Å²) in [7, 11) is 0. The van der Waals surface area contributed by atoms with Gasteiger partial charge in [-0.3, -0.25) is 9.59 Å². The molecule has 1 atom stereocenters. The van der Waals surface area contributed by atoms with Crippen molar-refractivity contribution in [2.45, 2.75) is 33.2 Å². The third-order valence-electron chi connectivity index (χ3n) is 6.29. The van der Waals surface area contributed by atoms with E-state index in [1.807, 2.05) is 30.2 Å². The Morgan fingerprint density at radius 3 is 2.53 bits per heavy atom. The van der Waals surface area contributed by atoms with E-state index in [2.05, 4.69) is 28.2 Å². The molecule has 0 radical (unpaired) electrons. The lowest BCUT2D eigenvalue weighted by atomic mass is 9.99. The topological polar surface area (TPSA) is 70.5 Å². The van der Waals surface area contributed by atoms with Gasteiger partial charge in [-0.15, -0.1) is 24.8 Å². The molecule has 2 saturated heterocycles. The molecule has 0 aromatic carbocycles. The van der Waals surface area contributed by atoms with Gasteiger partial charge in [0, 0.05) is 45.1 Å². The van der Waals surface area contributed by atoms with E-state index in [1.165, 1.54) is 0 Å². The molecule has 2 aromatic rings. The summed E-state index contributed by atoms with van der Waals surface area (Å²) in [4.78, 5) is 34.9. The number of pyridine rings is 2. The first-order valence-corrected chi connectivity index (χ1v) is 10.9. The third-order valence-corrected chi connectivity index (χ3v) is 6.29. The van der Waals surface area contributed by atoms with Crippen molar-refractivity contribution in [3.05, 3.63) is 57.6 Å². The minimum Gasteiger partial charge on any atom is -0.353 e. The van der Waals surface area contributed by atoms with E-state index in [0.717, 1.165) is 56.0 Å². The number of carbonyl (C=O) groups excluding carboxylic acids is 1. The van der Waals surface area contributed by atoms with Crippen molar-refractivity contribution >= 4 is 36.5 Å². The number of halogens is 2. The van der Waals surface area contributed by atoms with Crippen LogP contribution in [0.15, 0.2) is 35.4 Å². The highest BCUT2D eigenvalue weighted by Crippen LogP contribution is 2.19. The van der Waals surface area contributed by atoms with Crippen LogP contribution in [0, 0.1) is 19.8 Å². The molecule has 0 spiro atoms. The van der Waals surface area contributed by atoms with Crippen LogP contribution < -0.4 is 15.8 Å². The third kappa shape index (κ3) is 5.63. The molecule has 2 aliphatic heterocycles. The number of nitrogens with zero attached hydrogens (tertiary/aromatic N) is 4. The number of piperidine rings is 1. The number of hydrogen-bond donors (Lipinski definition) is 1. The SMILES string of the molecule is Cc1cccnc1N1CCN(C(=O)c2c(C)ccn(CC3CCCNC3)c2=O)CC1.Cl.Cl. The lowest BCUT2D eigenvalue weighted by molar-refractivity contribution is 0.0743. The van der Waals surface area contributed by atoms with Gasteiger partial charge in [0.2, 0.25) is 0 Å². The Kier molecular flexibility index (Phi) is 9.55. The summed E-state index contributed by atoms with van der Waals surface area (Å²) >= 11 is 0. The lowest BCUT2D eigenvalue weighted by Crippen LogP contribution is -2.50. The quantitative estimate of drug-likeness (QED) is 0.726. The van der Waals surface area contributed by atoms with Crippen molar-refractivity contribution in [2.75, 3.05) is 44.2 Å². The number of aromatic nitrogens is 2. The molecule has 176 valence electrons. The molecule has 7 nitrogen and oxygen atoms in total. The maximum Gasteiger partial charge on any atom is 0.263 e. The zero-order valence-corrected chi connectivity index (χ0v) is 20.4. The van der Waals surface area contributed by atoms with Crippen LogP contribution in [0.2, 0.25) is 0 Å². The van der Waals surface area contributed by atoms with E-state index in [4.69, 9.17) is 0 Å². The standard InChI is InChI=1S/C23H31N5O2.2ClH/c1-17-7-10-28(16-19-6-4-8-24-15-19)23(30)20(17)22(29)27-13-11-26(12-14-27)21-18(2)5-3-9-25-21;;/h3,5,7,9-10,19,24H,4,6,8,11-16H2,1-2H3;2*1H. The molecule has 2 aliphatic rings. The fourth-order valence-corrected chi connectivity index (χ4v) is 4.51. The van der Waals surface area contributed by atoms with Crippen LogP contribution in [-0.4, -0.2) is 59.6 Å². The van der Waals surface area contributed by atoms with Crippen molar-refractivity contribution in [3.63, 3.8) is 0 Å². The van der Waals surface area contributed by atoms with Gasteiger partial charge in [-0.2, -0.15) is 0 Å². The summed E-state index contributed by atoms with van der Waals surface area (Å²) in [6.45, 7) is 9.18. The predicted molar refractivity (Wildman–Crippen MR) is 133 cm³/mol. The fraction of sp³-hybridized carbons (Fsp3) is 0.522. The highest BCUT2D eigenvalue weighted by Gasteiger charge is 2.27. The summed E-state index contributed by atoms with van der Waals surface area (Å²) in [5.41, 5.74) is 2.06. The van der Waals surface area contributed by atoms with Gasteiger partial charge >= 0.3 is 0 Å². The predicted octanol–water partition coefficient (Wildman–Crippen LogP) is 2.67. The summed E-state index contributed by atoms with van der Waals surface area (Å²) < 4.78 is 1.73. The van der Waals surface area contributed by atoms with E-state index < -0.39 is 0 Å². The maximum atomic E-state index is 13.3. The molecular weight excluding hydrogens is 449 g/mol. The number of carbonyl (C=O) groups is 1. The zero-order chi connectivity index (χ0) is 21.1. The summed E-state index contributed by atoms with van der Waals surface area (Å²) in [5, 5.41) is 3.40. The number of hydrogen-bond acceptors (Lipinski definition) is 5. The average Bonchev–Trinajstić information content (AvgIpc) is 2.77. The molecule has 9 heteroatoms. The van der Waals surface area contributed by atoms with Crippen LogP contribution in [0.4, 0.5) is 5.82 Å². The van der Waals surface area contributed by atoms with Gasteiger partial charge in [-0.25, -0.2) is 4.98 Å². The monoisotopic (exact) mass is 481 g/mol. The summed E-state index contributed by atoms with van der Waals surface area (Å²) in [6.07, 6.45) is 5.89. The number of aryl methyl sites for hydroxylation is 2. The maximum absolute atomic E-state index is 13.3. The Hall–Kier alpha value is -2.09. The van der Waals surface area contributed by atoms with Gasteiger partial charge in [-0.05, 0) is 69.0 Å². The van der Waals surface area contributed by atoms with Crippen molar-refractivity contribution in [3.8, 4) is 0 Å². The van der Waals surface area contributed by atoms with E-state index in [1.54, 1.807) is 10.8 Å². The largest absolute Gasteiger partial charge is 0.353 e. The van der Waals surface area contributed by atoms with Gasteiger partial charge in [0.1, 0.15) is 11.4 Å². The average molecular weight is 482 g/mol. The minimum absolute atomic E-state index is 0. The molecule has 1 amide bonds. The molecule has 4 heterocycles. The Bertz CT molecular complexity index is 967. The van der Waals surface area contributed by atoms with Crippen LogP contribution in [0.1, 0.15) is 34.3 Å². The molecule has 4 rings (SSSR count). The highest BCUT2D eigenvalue weighted by atomic mass is 35.5. The summed E-state index contributed by atoms with van der Waals surface area (Å²) in [5.74, 6) is 1.27. The van der Waals surface area contributed by atoms with E-state index in [9.17, 15) is 9.59 Å². The molecule has 0 bridgehead atoms. The van der Waals surface area contributed by atoms with Crippen LogP contribution in [0.5, 0.6) is 0 Å². The van der Waals surface area contributed by atoms with Gasteiger partial charge in [0.25, 0.3) is 11.5 Å². The van der Waals surface area contributed by atoms with Crippen LogP contribution >= 0.6 is 24.8 Å².